The van der Waals surface area contributed by atoms with Crippen LogP contribution in [-0.4, -0.2) is 0 Å². The van der Waals surface area contributed by atoms with Crippen LogP contribution in [0.15, 0.2) is 23.3 Å². The molecule has 1 aliphatic rings. The molecular weight excluding hydrogens is 204 g/mol. The van der Waals surface area contributed by atoms with E-state index in [2.05, 4.69) is 26.0 Å². The molecule has 0 amide bonds. The summed E-state index contributed by atoms with van der Waals surface area (Å²) in [5.41, 5.74) is 3.34. The van der Waals surface area contributed by atoms with Gasteiger partial charge in [0.1, 0.15) is 0 Å². The molecule has 0 saturated carbocycles. The zero-order valence-corrected chi connectivity index (χ0v) is 11.9. The molecule has 0 spiro atoms. The van der Waals surface area contributed by atoms with Crippen LogP contribution >= 0.6 is 0 Å². The van der Waals surface area contributed by atoms with Crippen molar-refractivity contribution in [1.29, 1.82) is 0 Å². The molecule has 1 rings (SSSR count). The van der Waals surface area contributed by atoms with Gasteiger partial charge in [-0.1, -0.05) is 76.5 Å². The highest BCUT2D eigenvalue weighted by molar-refractivity contribution is 5.33. The summed E-state index contributed by atoms with van der Waals surface area (Å²) in [6, 6.07) is 0. The Morgan fingerprint density at radius 1 is 0.882 bits per heavy atom. The van der Waals surface area contributed by atoms with Crippen LogP contribution in [-0.2, 0) is 0 Å². The standard InChI is InChI=1S/C17H30/c1-3-5-6-7-8-9-10-11-13-17-15-12-14-16(17)4-2/h12,14H,3-11,13,15H2,1-2H3. The highest BCUT2D eigenvalue weighted by atomic mass is 14.1. The van der Waals surface area contributed by atoms with Crippen molar-refractivity contribution in [1.82, 2.24) is 0 Å². The van der Waals surface area contributed by atoms with Gasteiger partial charge in [0.05, 0.1) is 0 Å². The summed E-state index contributed by atoms with van der Waals surface area (Å²) in [5.74, 6) is 0. The second-order valence-electron chi connectivity index (χ2n) is 5.31. The summed E-state index contributed by atoms with van der Waals surface area (Å²) in [4.78, 5) is 0. The van der Waals surface area contributed by atoms with Crippen LogP contribution in [0.4, 0.5) is 0 Å². The number of hydrogen-bond acceptors (Lipinski definition) is 0. The van der Waals surface area contributed by atoms with Crippen LogP contribution in [0.25, 0.3) is 0 Å². The van der Waals surface area contributed by atoms with Gasteiger partial charge >= 0.3 is 0 Å². The maximum Gasteiger partial charge on any atom is -0.0130 e. The first-order chi connectivity index (χ1) is 8.38. The summed E-state index contributed by atoms with van der Waals surface area (Å²) in [6.07, 6.45) is 19.9. The lowest BCUT2D eigenvalue weighted by atomic mass is 10.0. The first-order valence-electron chi connectivity index (χ1n) is 7.76. The smallest absolute Gasteiger partial charge is 0.0130 e. The fraction of sp³-hybridized carbons (Fsp3) is 0.765. The Morgan fingerprint density at radius 3 is 2.18 bits per heavy atom. The van der Waals surface area contributed by atoms with Crippen LogP contribution in [0.2, 0.25) is 0 Å². The lowest BCUT2D eigenvalue weighted by Crippen LogP contribution is -1.86. The average Bonchev–Trinajstić information content (AvgIpc) is 2.80. The Balaban J connectivity index is 1.94. The maximum absolute atomic E-state index is 2.33. The monoisotopic (exact) mass is 234 g/mol. The molecule has 0 aliphatic heterocycles. The molecule has 0 radical (unpaired) electrons. The number of unbranched alkanes of at least 4 members (excludes halogenated alkanes) is 7. The van der Waals surface area contributed by atoms with Crippen LogP contribution in [0, 0.1) is 0 Å². The molecule has 0 heterocycles. The van der Waals surface area contributed by atoms with E-state index >= 15 is 0 Å². The minimum atomic E-state index is 1.23. The molecule has 17 heavy (non-hydrogen) atoms. The van der Waals surface area contributed by atoms with E-state index in [1.807, 2.05) is 0 Å². The van der Waals surface area contributed by atoms with Crippen molar-refractivity contribution in [3.05, 3.63) is 23.3 Å². The summed E-state index contributed by atoms with van der Waals surface area (Å²) >= 11 is 0. The van der Waals surface area contributed by atoms with E-state index in [9.17, 15) is 0 Å². The van der Waals surface area contributed by atoms with Gasteiger partial charge in [0.15, 0.2) is 0 Å². The third-order valence-electron chi connectivity index (χ3n) is 3.85. The molecule has 0 saturated heterocycles. The molecule has 0 bridgehead atoms. The van der Waals surface area contributed by atoms with E-state index in [4.69, 9.17) is 0 Å². The molecule has 98 valence electrons. The normalized spacial score (nSPS) is 14.9. The first kappa shape index (κ1) is 14.5. The fourth-order valence-corrected chi connectivity index (χ4v) is 2.70. The van der Waals surface area contributed by atoms with Gasteiger partial charge in [-0.05, 0) is 31.3 Å². The second-order valence-corrected chi connectivity index (χ2v) is 5.31. The SMILES string of the molecule is CCCCCCCCCCC1=C(CC)C=CC1. The highest BCUT2D eigenvalue weighted by Gasteiger charge is 2.06. The lowest BCUT2D eigenvalue weighted by molar-refractivity contribution is 0.574. The van der Waals surface area contributed by atoms with Gasteiger partial charge in [0, 0.05) is 0 Å². The maximum atomic E-state index is 2.33. The third-order valence-corrected chi connectivity index (χ3v) is 3.85. The predicted molar refractivity (Wildman–Crippen MR) is 78.3 cm³/mol. The number of hydrogen-bond donors (Lipinski definition) is 0. The molecule has 0 unspecified atom stereocenters. The first-order valence-corrected chi connectivity index (χ1v) is 7.76. The van der Waals surface area contributed by atoms with Gasteiger partial charge in [0.2, 0.25) is 0 Å². The zero-order valence-electron chi connectivity index (χ0n) is 11.9. The minimum absolute atomic E-state index is 1.23. The molecule has 0 atom stereocenters. The third kappa shape index (κ3) is 6.10. The molecular formula is C17H30. The van der Waals surface area contributed by atoms with Crippen molar-refractivity contribution >= 4 is 0 Å². The van der Waals surface area contributed by atoms with E-state index < -0.39 is 0 Å². The van der Waals surface area contributed by atoms with E-state index in [1.165, 1.54) is 70.6 Å². The van der Waals surface area contributed by atoms with Crippen LogP contribution in [0.5, 0.6) is 0 Å². The molecule has 1 aliphatic carbocycles. The van der Waals surface area contributed by atoms with Crippen molar-refractivity contribution in [2.45, 2.75) is 84.5 Å². The Morgan fingerprint density at radius 2 is 1.53 bits per heavy atom. The Labute approximate surface area is 108 Å². The molecule has 0 fully saturated rings. The molecule has 0 aromatic carbocycles. The van der Waals surface area contributed by atoms with Gasteiger partial charge in [-0.3, -0.25) is 0 Å². The quantitative estimate of drug-likeness (QED) is 0.396. The average molecular weight is 234 g/mol. The summed E-state index contributed by atoms with van der Waals surface area (Å²) < 4.78 is 0. The predicted octanol–water partition coefficient (Wildman–Crippen LogP) is 6.18. The van der Waals surface area contributed by atoms with Crippen LogP contribution in [0.3, 0.4) is 0 Å². The summed E-state index contributed by atoms with van der Waals surface area (Å²) in [5, 5.41) is 0. The van der Waals surface area contributed by atoms with E-state index in [1.54, 1.807) is 11.1 Å². The van der Waals surface area contributed by atoms with Crippen LogP contribution in [0.1, 0.15) is 84.5 Å². The Kier molecular flexibility index (Phi) is 8.13. The lowest BCUT2D eigenvalue weighted by Gasteiger charge is -2.06. The zero-order chi connectivity index (χ0) is 12.3. The minimum Gasteiger partial charge on any atom is -0.0802 e. The van der Waals surface area contributed by atoms with Crippen molar-refractivity contribution in [2.75, 3.05) is 0 Å². The number of allylic oxidation sites excluding steroid dienone is 4. The molecule has 0 aromatic heterocycles. The molecule has 0 nitrogen and oxygen atoms in total. The Hall–Kier alpha value is -0.520. The van der Waals surface area contributed by atoms with Crippen molar-refractivity contribution in [3.63, 3.8) is 0 Å². The highest BCUT2D eigenvalue weighted by Crippen LogP contribution is 2.26. The summed E-state index contributed by atoms with van der Waals surface area (Å²) in [6.45, 7) is 4.56. The van der Waals surface area contributed by atoms with Crippen molar-refractivity contribution in [2.24, 2.45) is 0 Å². The van der Waals surface area contributed by atoms with Gasteiger partial charge in [-0.15, -0.1) is 0 Å². The fourth-order valence-electron chi connectivity index (χ4n) is 2.70. The number of rotatable bonds is 10. The van der Waals surface area contributed by atoms with Crippen molar-refractivity contribution < 1.29 is 0 Å². The second kappa shape index (κ2) is 9.50. The van der Waals surface area contributed by atoms with E-state index in [0.717, 1.165) is 0 Å². The van der Waals surface area contributed by atoms with E-state index in [0.29, 0.717) is 0 Å². The van der Waals surface area contributed by atoms with Gasteiger partial charge in [0.25, 0.3) is 0 Å². The van der Waals surface area contributed by atoms with Gasteiger partial charge in [-0.25, -0.2) is 0 Å². The van der Waals surface area contributed by atoms with E-state index in [-0.39, 0.29) is 0 Å². The molecule has 0 N–H and O–H groups in total. The van der Waals surface area contributed by atoms with Crippen molar-refractivity contribution in [3.8, 4) is 0 Å². The topological polar surface area (TPSA) is 0 Å². The van der Waals surface area contributed by atoms with Gasteiger partial charge in [-0.2, -0.15) is 0 Å². The van der Waals surface area contributed by atoms with Crippen LogP contribution < -0.4 is 0 Å². The summed E-state index contributed by atoms with van der Waals surface area (Å²) in [7, 11) is 0. The Bertz CT molecular complexity index is 245. The molecule has 0 heteroatoms. The largest absolute Gasteiger partial charge is 0.0802 e. The van der Waals surface area contributed by atoms with Gasteiger partial charge < -0.3 is 0 Å². The molecule has 0 aromatic rings.